The van der Waals surface area contributed by atoms with Crippen LogP contribution in [-0.4, -0.2) is 8.42 Å². The maximum atomic E-state index is 13.1. The molecule has 0 amide bonds. The minimum atomic E-state index is -3.70. The van der Waals surface area contributed by atoms with Crippen molar-refractivity contribution in [2.24, 2.45) is 0 Å². The lowest BCUT2D eigenvalue weighted by molar-refractivity contribution is 0.303. The molecule has 1 heterocycles. The normalized spacial score (nSPS) is 12.1. The summed E-state index contributed by atoms with van der Waals surface area (Å²) in [7, 11) is -3.70. The molecule has 0 radical (unpaired) electrons. The van der Waals surface area contributed by atoms with Gasteiger partial charge in [-0.2, -0.15) is 0 Å². The number of hydrogen-bond donors (Lipinski definition) is 0. The molecule has 0 aliphatic rings. The third-order valence-corrected chi connectivity index (χ3v) is 5.44. The molecule has 1 aromatic heterocycles. The molecule has 0 aliphatic heterocycles. The van der Waals surface area contributed by atoms with E-state index in [0.717, 1.165) is 0 Å². The van der Waals surface area contributed by atoms with E-state index in [2.05, 4.69) is 0 Å². The van der Waals surface area contributed by atoms with Gasteiger partial charge in [0.15, 0.2) is 0 Å². The Morgan fingerprint density at radius 3 is 2.00 bits per heavy atom. The Morgan fingerprint density at radius 1 is 0.880 bits per heavy atom. The first-order chi connectivity index (χ1) is 11.8. The molecule has 0 saturated heterocycles. The van der Waals surface area contributed by atoms with Crippen molar-refractivity contribution in [1.82, 2.24) is 0 Å². The van der Waals surface area contributed by atoms with E-state index in [1.54, 1.807) is 42.5 Å². The summed E-state index contributed by atoms with van der Waals surface area (Å²) in [6, 6.07) is 18.9. The molecular weight excluding hydrogens is 336 g/mol. The van der Waals surface area contributed by atoms with Crippen LogP contribution in [0.15, 0.2) is 80.9 Å². The first kappa shape index (κ1) is 17.3. The van der Waals surface area contributed by atoms with Gasteiger partial charge < -0.3 is 9.15 Å². The van der Waals surface area contributed by atoms with Crippen molar-refractivity contribution in [3.63, 3.8) is 0 Å². The summed E-state index contributed by atoms with van der Waals surface area (Å²) in [5.41, 5.74) is -0.491. The molecule has 3 rings (SSSR count). The highest BCUT2D eigenvalue weighted by Crippen LogP contribution is 2.38. The molecule has 2 aromatic carbocycles. The molecule has 0 aliphatic carbocycles. The molecule has 0 unspecified atom stereocenters. The monoisotopic (exact) mass is 356 g/mol. The summed E-state index contributed by atoms with van der Waals surface area (Å²) < 4.78 is 37.6. The molecule has 0 fully saturated rings. The van der Waals surface area contributed by atoms with Crippen molar-refractivity contribution in [1.29, 1.82) is 0 Å². The maximum Gasteiger partial charge on any atom is 0.291 e. The summed E-state index contributed by atoms with van der Waals surface area (Å²) in [5, 5.41) is 0. The Labute approximate surface area is 148 Å². The number of furan rings is 1. The van der Waals surface area contributed by atoms with Gasteiger partial charge in [-0.05, 0) is 24.3 Å². The van der Waals surface area contributed by atoms with Crippen LogP contribution in [0.3, 0.4) is 0 Å². The second kappa shape index (κ2) is 6.41. The van der Waals surface area contributed by atoms with Gasteiger partial charge in [0, 0.05) is 11.5 Å². The molecule has 130 valence electrons. The van der Waals surface area contributed by atoms with Gasteiger partial charge in [-0.15, -0.1) is 0 Å². The largest absolute Gasteiger partial charge is 0.429 e. The first-order valence-electron chi connectivity index (χ1n) is 7.96. The minimum Gasteiger partial charge on any atom is -0.429 e. The third-order valence-electron chi connectivity index (χ3n) is 3.66. The number of hydrogen-bond acceptors (Lipinski definition) is 4. The number of para-hydroxylation sites is 1. The fourth-order valence-corrected chi connectivity index (χ4v) is 4.07. The Bertz CT molecular complexity index is 950. The van der Waals surface area contributed by atoms with Crippen molar-refractivity contribution in [3.8, 4) is 11.7 Å². The predicted octanol–water partition coefficient (Wildman–Crippen LogP) is 5.20. The van der Waals surface area contributed by atoms with E-state index in [1.807, 2.05) is 39.0 Å². The summed E-state index contributed by atoms with van der Waals surface area (Å²) in [6.07, 6.45) is 0. The molecule has 0 spiro atoms. The summed E-state index contributed by atoms with van der Waals surface area (Å²) in [4.78, 5) is 0.365. The van der Waals surface area contributed by atoms with Crippen molar-refractivity contribution in [2.75, 3.05) is 0 Å². The Hall–Kier alpha value is -2.53. The molecule has 4 nitrogen and oxygen atoms in total. The van der Waals surface area contributed by atoms with Crippen LogP contribution >= 0.6 is 0 Å². The van der Waals surface area contributed by atoms with E-state index < -0.39 is 15.3 Å². The quantitative estimate of drug-likeness (QED) is 0.644. The van der Waals surface area contributed by atoms with Gasteiger partial charge >= 0.3 is 0 Å². The van der Waals surface area contributed by atoms with E-state index >= 15 is 0 Å². The molecule has 0 atom stereocenters. The van der Waals surface area contributed by atoms with Gasteiger partial charge in [0.2, 0.25) is 9.84 Å². The van der Waals surface area contributed by atoms with Crippen LogP contribution < -0.4 is 4.74 Å². The lowest BCUT2D eigenvalue weighted by atomic mass is 9.93. The van der Waals surface area contributed by atoms with Gasteiger partial charge in [-0.3, -0.25) is 0 Å². The number of ether oxygens (including phenoxy) is 1. The van der Waals surface area contributed by atoms with Crippen LogP contribution in [0.2, 0.25) is 0 Å². The average Bonchev–Trinajstić information content (AvgIpc) is 3.02. The van der Waals surface area contributed by atoms with Gasteiger partial charge in [-0.1, -0.05) is 57.2 Å². The molecule has 3 aromatic rings. The Kier molecular flexibility index (Phi) is 4.43. The van der Waals surface area contributed by atoms with Crippen molar-refractivity contribution < 1.29 is 17.6 Å². The van der Waals surface area contributed by atoms with E-state index in [0.29, 0.717) is 11.5 Å². The number of benzene rings is 2. The molecular formula is C20H20O4S. The fraction of sp³-hybridized carbons (Fsp3) is 0.200. The van der Waals surface area contributed by atoms with Crippen LogP contribution in [0, 0.1) is 0 Å². The van der Waals surface area contributed by atoms with Crippen molar-refractivity contribution in [2.45, 2.75) is 36.0 Å². The average molecular weight is 356 g/mol. The van der Waals surface area contributed by atoms with E-state index in [1.165, 1.54) is 6.07 Å². The molecule has 5 heteroatoms. The third kappa shape index (κ3) is 3.61. The second-order valence-corrected chi connectivity index (χ2v) is 8.66. The summed E-state index contributed by atoms with van der Waals surface area (Å²) in [6.45, 7) is 5.71. The molecule has 0 N–H and O–H groups in total. The van der Waals surface area contributed by atoms with Gasteiger partial charge in [0.05, 0.1) is 4.90 Å². The first-order valence-corrected chi connectivity index (χ1v) is 9.44. The highest BCUT2D eigenvalue weighted by Gasteiger charge is 2.32. The van der Waals surface area contributed by atoms with Gasteiger partial charge in [0.25, 0.3) is 5.95 Å². The van der Waals surface area contributed by atoms with Crippen molar-refractivity contribution in [3.05, 3.63) is 72.5 Å². The molecule has 0 saturated carbocycles. The van der Waals surface area contributed by atoms with Crippen LogP contribution in [0.25, 0.3) is 0 Å². The predicted molar refractivity (Wildman–Crippen MR) is 95.8 cm³/mol. The smallest absolute Gasteiger partial charge is 0.291 e. The van der Waals surface area contributed by atoms with Crippen LogP contribution in [0.1, 0.15) is 26.5 Å². The Morgan fingerprint density at radius 2 is 1.44 bits per heavy atom. The number of rotatable bonds is 4. The van der Waals surface area contributed by atoms with E-state index in [4.69, 9.17) is 9.15 Å². The topological polar surface area (TPSA) is 56.5 Å². The lowest BCUT2D eigenvalue weighted by Crippen LogP contribution is -2.15. The van der Waals surface area contributed by atoms with E-state index in [9.17, 15) is 8.42 Å². The van der Waals surface area contributed by atoms with Crippen LogP contribution in [-0.2, 0) is 15.3 Å². The van der Waals surface area contributed by atoms with Gasteiger partial charge in [0.1, 0.15) is 16.4 Å². The highest BCUT2D eigenvalue weighted by atomic mass is 32.2. The zero-order valence-corrected chi connectivity index (χ0v) is 15.2. The Balaban J connectivity index is 2.09. The molecule has 25 heavy (non-hydrogen) atoms. The molecule has 0 bridgehead atoms. The van der Waals surface area contributed by atoms with Crippen molar-refractivity contribution >= 4 is 9.84 Å². The maximum absolute atomic E-state index is 13.1. The van der Waals surface area contributed by atoms with Crippen LogP contribution in [0.5, 0.6) is 11.7 Å². The minimum absolute atomic E-state index is 0.136. The SMILES string of the molecule is CC(C)(C)c1oc(Oc2ccccc2)cc1S(=O)(=O)c1ccccc1. The zero-order chi connectivity index (χ0) is 18.1. The fourth-order valence-electron chi connectivity index (χ4n) is 2.46. The van der Waals surface area contributed by atoms with E-state index in [-0.39, 0.29) is 15.7 Å². The lowest BCUT2D eigenvalue weighted by Gasteiger charge is -2.17. The second-order valence-electron chi connectivity index (χ2n) is 6.74. The zero-order valence-electron chi connectivity index (χ0n) is 14.4. The van der Waals surface area contributed by atoms with Gasteiger partial charge in [-0.25, -0.2) is 8.42 Å². The number of sulfone groups is 1. The highest BCUT2D eigenvalue weighted by molar-refractivity contribution is 7.91. The van der Waals surface area contributed by atoms with Crippen LogP contribution in [0.4, 0.5) is 0 Å². The summed E-state index contributed by atoms with van der Waals surface area (Å²) >= 11 is 0. The standard InChI is InChI=1S/C20H20O4S/c1-20(2,3)19-17(25(21,22)16-12-8-5-9-13-16)14-18(24-19)23-15-10-6-4-7-11-15/h4-14H,1-3H3. The summed E-state index contributed by atoms with van der Waals surface area (Å²) in [5.74, 6) is 1.12.